The Morgan fingerprint density at radius 2 is 1.02 bits per heavy atom. The summed E-state index contributed by atoms with van der Waals surface area (Å²) < 4.78 is 23.5. The average molecular weight is 633 g/mol. The minimum atomic E-state index is -0.826. The van der Waals surface area contributed by atoms with E-state index in [-0.39, 0.29) is 11.8 Å². The van der Waals surface area contributed by atoms with Gasteiger partial charge in [-0.15, -0.1) is 0 Å². The first-order valence-electron chi connectivity index (χ1n) is 17.0. The van der Waals surface area contributed by atoms with Gasteiger partial charge in [0, 0.05) is 23.6 Å². The third kappa shape index (κ3) is 10.9. The molecule has 5 rings (SSSR count). The molecule has 248 valence electrons. The summed E-state index contributed by atoms with van der Waals surface area (Å²) in [5.41, 5.74) is 6.15. The lowest BCUT2D eigenvalue weighted by Gasteiger charge is -2.31. The molecule has 2 N–H and O–H groups in total. The minimum Gasteiger partial charge on any atom is -0.458 e. The number of hydrazone groups is 2. The summed E-state index contributed by atoms with van der Waals surface area (Å²) in [6, 6.07) is 13.5. The number of hydrogen-bond acceptors (Lipinski definition) is 8. The molecule has 46 heavy (non-hydrogen) atoms. The van der Waals surface area contributed by atoms with Crippen molar-refractivity contribution in [3.8, 4) is 11.5 Å². The molecule has 10 nitrogen and oxygen atoms in total. The van der Waals surface area contributed by atoms with E-state index in [1.807, 2.05) is 0 Å². The first-order valence-corrected chi connectivity index (χ1v) is 17.0. The first kappa shape index (κ1) is 33.6. The van der Waals surface area contributed by atoms with Crippen molar-refractivity contribution in [3.63, 3.8) is 0 Å². The Balaban J connectivity index is 1.03. The molecule has 0 spiro atoms. The van der Waals surface area contributed by atoms with Crippen LogP contribution in [-0.2, 0) is 9.47 Å². The van der Waals surface area contributed by atoms with Crippen LogP contribution in [0.4, 0.5) is 0 Å². The van der Waals surface area contributed by atoms with Gasteiger partial charge in [0.2, 0.25) is 0 Å². The predicted octanol–water partition coefficient (Wildman–Crippen LogP) is 7.00. The molecule has 3 fully saturated rings. The lowest BCUT2D eigenvalue weighted by Crippen LogP contribution is -2.45. The highest BCUT2D eigenvalue weighted by Crippen LogP contribution is 2.28. The zero-order valence-electron chi connectivity index (χ0n) is 26.7. The van der Waals surface area contributed by atoms with Crippen molar-refractivity contribution in [1.29, 1.82) is 0 Å². The van der Waals surface area contributed by atoms with Crippen LogP contribution in [0, 0.1) is 11.8 Å². The van der Waals surface area contributed by atoms with Crippen LogP contribution in [0.3, 0.4) is 0 Å². The highest BCUT2D eigenvalue weighted by molar-refractivity contribution is 5.95. The average Bonchev–Trinajstić information content (AvgIpc) is 3.10. The van der Waals surface area contributed by atoms with Gasteiger partial charge in [-0.2, -0.15) is 10.2 Å². The number of carbonyl (C=O) groups excluding carboxylic acids is 2. The van der Waals surface area contributed by atoms with E-state index in [4.69, 9.17) is 18.9 Å². The summed E-state index contributed by atoms with van der Waals surface area (Å²) in [7, 11) is 0. The molecular formula is C36H48N4O6. The van der Waals surface area contributed by atoms with Crippen molar-refractivity contribution in [3.05, 3.63) is 59.7 Å². The van der Waals surface area contributed by atoms with Crippen LogP contribution in [0.25, 0.3) is 0 Å². The molecule has 1 aliphatic heterocycles. The molecule has 2 aliphatic carbocycles. The molecule has 2 saturated carbocycles. The van der Waals surface area contributed by atoms with Crippen LogP contribution < -0.4 is 20.3 Å². The van der Waals surface area contributed by atoms with Crippen LogP contribution in [0.15, 0.2) is 58.7 Å². The number of rotatable bonds is 14. The second kappa shape index (κ2) is 18.4. The smallest absolute Gasteiger partial charge is 0.271 e. The lowest BCUT2D eigenvalue weighted by molar-refractivity contribution is -0.271. The number of amides is 2. The Bertz CT molecular complexity index is 1170. The molecule has 0 radical (unpaired) electrons. The van der Waals surface area contributed by atoms with E-state index in [9.17, 15) is 9.59 Å². The van der Waals surface area contributed by atoms with Gasteiger partial charge in [-0.25, -0.2) is 10.9 Å². The molecule has 2 aromatic carbocycles. The van der Waals surface area contributed by atoms with Gasteiger partial charge in [0.05, 0.1) is 13.2 Å². The third-order valence-electron chi connectivity index (χ3n) is 8.98. The number of nitrogens with zero attached hydrogens (tertiary/aromatic N) is 2. The second-order valence-corrected chi connectivity index (χ2v) is 12.4. The van der Waals surface area contributed by atoms with Crippen LogP contribution in [0.1, 0.15) is 111 Å². The number of nitrogens with one attached hydrogen (secondary N) is 2. The van der Waals surface area contributed by atoms with E-state index >= 15 is 0 Å². The van der Waals surface area contributed by atoms with Crippen molar-refractivity contribution in [2.45, 2.75) is 102 Å². The third-order valence-corrected chi connectivity index (χ3v) is 8.98. The molecule has 0 bridgehead atoms. The monoisotopic (exact) mass is 632 g/mol. The fourth-order valence-corrected chi connectivity index (χ4v) is 6.34. The van der Waals surface area contributed by atoms with Gasteiger partial charge >= 0.3 is 0 Å². The lowest BCUT2D eigenvalue weighted by atomic mass is 9.86. The van der Waals surface area contributed by atoms with E-state index in [1.54, 1.807) is 61.0 Å². The fourth-order valence-electron chi connectivity index (χ4n) is 6.34. The van der Waals surface area contributed by atoms with Crippen LogP contribution in [-0.4, -0.2) is 50.0 Å². The molecule has 2 unspecified atom stereocenters. The maximum absolute atomic E-state index is 12.5. The summed E-state index contributed by atoms with van der Waals surface area (Å²) in [5, 5.41) is 8.22. The maximum Gasteiger partial charge on any atom is 0.271 e. The van der Waals surface area contributed by atoms with E-state index in [0.717, 1.165) is 37.5 Å². The van der Waals surface area contributed by atoms with E-state index < -0.39 is 12.6 Å². The highest BCUT2D eigenvalue weighted by Gasteiger charge is 2.31. The molecule has 10 heteroatoms. The Morgan fingerprint density at radius 3 is 1.41 bits per heavy atom. The van der Waals surface area contributed by atoms with Gasteiger partial charge in [-0.1, -0.05) is 64.2 Å². The zero-order valence-corrected chi connectivity index (χ0v) is 26.7. The summed E-state index contributed by atoms with van der Waals surface area (Å²) >= 11 is 0. The zero-order chi connectivity index (χ0) is 31.8. The Morgan fingerprint density at radius 1 is 0.630 bits per heavy atom. The van der Waals surface area contributed by atoms with E-state index in [2.05, 4.69) is 21.1 Å². The van der Waals surface area contributed by atoms with Crippen molar-refractivity contribution in [1.82, 2.24) is 10.9 Å². The second-order valence-electron chi connectivity index (χ2n) is 12.4. The molecule has 1 saturated heterocycles. The standard InChI is InChI=1S/C36H48N4O6/c41-33(39-37-23-7-13-27-9-3-1-4-10-27)29-15-19-31(20-16-29)45-35-36(44-26-25-43-35)46-32-21-17-30(18-22-32)34(42)40-38-24-8-14-28-11-5-2-6-12-28/h15-24,27-28,35-36H,1-14,25-26H2,(H,39,41)(H,40,42)/b37-23+,38-24+. The maximum atomic E-state index is 12.5. The van der Waals surface area contributed by atoms with Crippen LogP contribution >= 0.6 is 0 Å². The van der Waals surface area contributed by atoms with Crippen LogP contribution in [0.2, 0.25) is 0 Å². The van der Waals surface area contributed by atoms with Gasteiger partial charge in [-0.05, 0) is 86.1 Å². The molecule has 3 aliphatic rings. The van der Waals surface area contributed by atoms with Gasteiger partial charge < -0.3 is 18.9 Å². The molecular weight excluding hydrogens is 584 g/mol. The van der Waals surface area contributed by atoms with E-state index in [1.165, 1.54) is 64.2 Å². The summed E-state index contributed by atoms with van der Waals surface area (Å²) in [6.45, 7) is 0.702. The highest BCUT2D eigenvalue weighted by atomic mass is 16.8. The van der Waals surface area contributed by atoms with Gasteiger partial charge in [0.1, 0.15) is 11.5 Å². The minimum absolute atomic E-state index is 0.280. The molecule has 2 atom stereocenters. The SMILES string of the molecule is O=C(N/N=C/CCC1CCCCC1)c1ccc(OC2OCCOC2Oc2ccc(C(=O)N/N=C/CCC3CCCCC3)cc2)cc1. The molecule has 2 amide bonds. The number of benzene rings is 2. The van der Waals surface area contributed by atoms with Crippen molar-refractivity contribution < 1.29 is 28.5 Å². The van der Waals surface area contributed by atoms with E-state index in [0.29, 0.717) is 35.8 Å². The topological polar surface area (TPSA) is 120 Å². The first-order chi connectivity index (χ1) is 22.6. The summed E-state index contributed by atoms with van der Waals surface area (Å²) in [6.07, 6.45) is 19.2. The fraction of sp³-hybridized carbons (Fsp3) is 0.556. The summed E-state index contributed by atoms with van der Waals surface area (Å²) in [4.78, 5) is 25.0. The Hall–Kier alpha value is -3.76. The Kier molecular flexibility index (Phi) is 13.4. The predicted molar refractivity (Wildman–Crippen MR) is 177 cm³/mol. The summed E-state index contributed by atoms with van der Waals surface area (Å²) in [5.74, 6) is 2.02. The van der Waals surface area contributed by atoms with Gasteiger partial charge in [0.15, 0.2) is 0 Å². The Labute approximate surface area is 272 Å². The number of ether oxygens (including phenoxy) is 4. The van der Waals surface area contributed by atoms with Crippen molar-refractivity contribution >= 4 is 24.2 Å². The molecule has 1 heterocycles. The molecule has 2 aromatic rings. The van der Waals surface area contributed by atoms with Crippen molar-refractivity contribution in [2.75, 3.05) is 13.2 Å². The largest absolute Gasteiger partial charge is 0.458 e. The quantitative estimate of drug-likeness (QED) is 0.171. The number of carbonyl (C=O) groups is 2. The van der Waals surface area contributed by atoms with Gasteiger partial charge in [-0.3, -0.25) is 9.59 Å². The molecule has 0 aromatic heterocycles. The van der Waals surface area contributed by atoms with Crippen molar-refractivity contribution in [2.24, 2.45) is 22.0 Å². The van der Waals surface area contributed by atoms with Crippen LogP contribution in [0.5, 0.6) is 11.5 Å². The number of hydrogen-bond donors (Lipinski definition) is 2. The van der Waals surface area contributed by atoms with Gasteiger partial charge in [0.25, 0.3) is 24.4 Å². The normalized spacial score (nSPS) is 21.3.